The van der Waals surface area contributed by atoms with Crippen molar-refractivity contribution in [2.75, 3.05) is 13.2 Å². The Morgan fingerprint density at radius 3 is 2.55 bits per heavy atom. The Bertz CT molecular complexity index is 113. The predicted octanol–water partition coefficient (Wildman–Crippen LogP) is 0.182. The molecule has 2 N–H and O–H groups in total. The lowest BCUT2D eigenvalue weighted by Crippen LogP contribution is -2.38. The summed E-state index contributed by atoms with van der Waals surface area (Å²) >= 11 is 11.3. The van der Waals surface area contributed by atoms with Gasteiger partial charge in [0.15, 0.2) is 4.33 Å². The maximum absolute atomic E-state index is 8.68. The average molecular weight is 198 g/mol. The maximum Gasteiger partial charge on any atom is 0.153 e. The number of hydrogen-bond acceptors (Lipinski definition) is 2. The van der Waals surface area contributed by atoms with Crippen molar-refractivity contribution in [3.63, 3.8) is 0 Å². The Morgan fingerprint density at radius 1 is 1.64 bits per heavy atom. The average Bonchev–Trinajstić information content (AvgIpc) is 2.00. The third-order valence-corrected chi connectivity index (χ3v) is 2.06. The van der Waals surface area contributed by atoms with E-state index in [-0.39, 0.29) is 6.61 Å². The molecule has 0 aliphatic rings. The number of aliphatic hydroxyl groups excluding tert-OH is 1. The first-order chi connectivity index (χ1) is 5.02. The molecule has 0 saturated heterocycles. The number of aliphatic hydroxyl groups is 1. The topological polar surface area (TPSA) is 32.3 Å². The molecule has 1 unspecified atom stereocenters. The van der Waals surface area contributed by atoms with Crippen LogP contribution in [0, 0.1) is 0 Å². The van der Waals surface area contributed by atoms with Crippen LogP contribution in [0.25, 0.3) is 0 Å². The van der Waals surface area contributed by atoms with Gasteiger partial charge in [0.05, 0.1) is 6.61 Å². The molecule has 5 heteroatoms. The third-order valence-electron chi connectivity index (χ3n) is 1.55. The fourth-order valence-corrected chi connectivity index (χ4v) is 0.678. The Kier molecular flexibility index (Phi) is 5.52. The molecular formula is C6H14BCl2NO. The van der Waals surface area contributed by atoms with Crippen LogP contribution in [0.3, 0.4) is 0 Å². The van der Waals surface area contributed by atoms with Crippen LogP contribution in [-0.2, 0) is 0 Å². The lowest BCUT2D eigenvalue weighted by molar-refractivity contribution is 0.274. The minimum atomic E-state index is -1.04. The van der Waals surface area contributed by atoms with E-state index in [0.29, 0.717) is 12.6 Å². The first-order valence-corrected chi connectivity index (χ1v) is 4.49. The molecule has 1 atom stereocenters. The van der Waals surface area contributed by atoms with Gasteiger partial charge in [0.2, 0.25) is 0 Å². The monoisotopic (exact) mass is 197 g/mol. The highest BCUT2D eigenvalue weighted by molar-refractivity contribution is 6.48. The van der Waals surface area contributed by atoms with E-state index in [1.165, 1.54) is 0 Å². The normalized spacial score (nSPS) is 14.9. The van der Waals surface area contributed by atoms with Gasteiger partial charge in [-0.2, -0.15) is 0 Å². The molecule has 0 bridgehead atoms. The molecule has 0 aliphatic carbocycles. The number of halogens is 2. The van der Waals surface area contributed by atoms with Gasteiger partial charge in [0, 0.05) is 6.54 Å². The smallest absolute Gasteiger partial charge is 0.153 e. The molecule has 66 valence electrons. The van der Waals surface area contributed by atoms with E-state index in [9.17, 15) is 0 Å². The van der Waals surface area contributed by atoms with E-state index in [1.54, 1.807) is 0 Å². The van der Waals surface area contributed by atoms with Crippen LogP contribution in [0.5, 0.6) is 0 Å². The fourth-order valence-electron chi connectivity index (χ4n) is 0.524. The SMILES string of the molecule is BCC(C)NCC(Cl)(Cl)CO. The van der Waals surface area contributed by atoms with Crippen LogP contribution >= 0.6 is 23.2 Å². The largest absolute Gasteiger partial charge is 0.393 e. The molecule has 11 heavy (non-hydrogen) atoms. The van der Waals surface area contributed by atoms with Gasteiger partial charge in [-0.05, 0) is 6.04 Å². The molecule has 0 saturated carbocycles. The third kappa shape index (κ3) is 5.79. The fraction of sp³-hybridized carbons (Fsp3) is 1.00. The number of rotatable bonds is 5. The van der Waals surface area contributed by atoms with Crippen molar-refractivity contribution >= 4 is 31.0 Å². The molecule has 0 heterocycles. The molecule has 0 aromatic heterocycles. The van der Waals surface area contributed by atoms with Gasteiger partial charge in [0.1, 0.15) is 7.85 Å². The lowest BCUT2D eigenvalue weighted by atomic mass is 9.99. The first kappa shape index (κ1) is 11.6. The van der Waals surface area contributed by atoms with Crippen molar-refractivity contribution in [3.05, 3.63) is 0 Å². The van der Waals surface area contributed by atoms with Gasteiger partial charge < -0.3 is 10.4 Å². The lowest BCUT2D eigenvalue weighted by Gasteiger charge is -2.19. The van der Waals surface area contributed by atoms with E-state index < -0.39 is 4.33 Å². The van der Waals surface area contributed by atoms with Crippen molar-refractivity contribution in [1.82, 2.24) is 5.32 Å². The van der Waals surface area contributed by atoms with E-state index in [2.05, 4.69) is 13.2 Å². The zero-order valence-electron chi connectivity index (χ0n) is 6.90. The summed E-state index contributed by atoms with van der Waals surface area (Å²) < 4.78 is -1.04. The summed E-state index contributed by atoms with van der Waals surface area (Å²) in [5.41, 5.74) is 0. The van der Waals surface area contributed by atoms with Gasteiger partial charge in [-0.15, -0.1) is 0 Å². The Labute approximate surface area is 78.7 Å². The zero-order chi connectivity index (χ0) is 8.91. The summed E-state index contributed by atoms with van der Waals surface area (Å²) in [6.45, 7) is 2.24. The van der Waals surface area contributed by atoms with Crippen molar-refractivity contribution in [2.24, 2.45) is 0 Å². The van der Waals surface area contributed by atoms with Crippen molar-refractivity contribution in [3.8, 4) is 0 Å². The van der Waals surface area contributed by atoms with Crippen LogP contribution in [0.4, 0.5) is 0 Å². The number of hydrogen-bond donors (Lipinski definition) is 2. The summed E-state index contributed by atoms with van der Waals surface area (Å²) in [7, 11) is 2.07. The van der Waals surface area contributed by atoms with E-state index in [0.717, 1.165) is 6.32 Å². The predicted molar refractivity (Wildman–Crippen MR) is 52.3 cm³/mol. The molecular weight excluding hydrogens is 184 g/mol. The molecule has 2 nitrogen and oxygen atoms in total. The van der Waals surface area contributed by atoms with Gasteiger partial charge in [-0.1, -0.05) is 36.4 Å². The van der Waals surface area contributed by atoms with Gasteiger partial charge in [-0.3, -0.25) is 0 Å². The number of alkyl halides is 2. The second-order valence-electron chi connectivity index (χ2n) is 2.70. The first-order valence-electron chi connectivity index (χ1n) is 3.74. The van der Waals surface area contributed by atoms with Gasteiger partial charge in [0.25, 0.3) is 0 Å². The second-order valence-corrected chi connectivity index (χ2v) is 4.34. The van der Waals surface area contributed by atoms with Crippen molar-refractivity contribution in [2.45, 2.75) is 23.6 Å². The number of nitrogens with one attached hydrogen (secondary N) is 1. The van der Waals surface area contributed by atoms with E-state index in [1.807, 2.05) is 6.92 Å². The molecule has 0 aliphatic heterocycles. The zero-order valence-corrected chi connectivity index (χ0v) is 8.41. The maximum atomic E-state index is 8.68. The van der Waals surface area contributed by atoms with Crippen LogP contribution in [0.1, 0.15) is 6.92 Å². The highest BCUT2D eigenvalue weighted by Crippen LogP contribution is 2.18. The molecule has 0 fully saturated rings. The quantitative estimate of drug-likeness (QED) is 0.487. The van der Waals surface area contributed by atoms with Crippen LogP contribution < -0.4 is 5.32 Å². The van der Waals surface area contributed by atoms with Crippen molar-refractivity contribution in [1.29, 1.82) is 0 Å². The van der Waals surface area contributed by atoms with Crippen LogP contribution in [0.2, 0.25) is 6.32 Å². The summed E-state index contributed by atoms with van der Waals surface area (Å²) in [6.07, 6.45) is 1.02. The minimum Gasteiger partial charge on any atom is -0.393 e. The van der Waals surface area contributed by atoms with Crippen molar-refractivity contribution < 1.29 is 5.11 Å². The highest BCUT2D eigenvalue weighted by atomic mass is 35.5. The molecule has 0 amide bonds. The molecule has 0 rings (SSSR count). The molecule has 0 aromatic carbocycles. The molecule has 0 aromatic rings. The summed E-state index contributed by atoms with van der Waals surface area (Å²) in [5, 5.41) is 11.8. The van der Waals surface area contributed by atoms with Crippen LogP contribution in [-0.4, -0.2) is 36.5 Å². The minimum absolute atomic E-state index is 0.223. The summed E-state index contributed by atoms with van der Waals surface area (Å²) in [4.78, 5) is 0. The van der Waals surface area contributed by atoms with Gasteiger partial charge >= 0.3 is 0 Å². The Hall–Kier alpha value is 0.565. The standard InChI is InChI=1S/C6H14BCl2NO/c1-5(2-7)10-3-6(8,9)4-11/h5,10-11H,2-4,7H2,1H3. The van der Waals surface area contributed by atoms with Crippen LogP contribution in [0.15, 0.2) is 0 Å². The van der Waals surface area contributed by atoms with Gasteiger partial charge in [-0.25, -0.2) is 0 Å². The summed E-state index contributed by atoms with van der Waals surface area (Å²) in [5.74, 6) is 0. The second kappa shape index (κ2) is 5.25. The molecule has 0 spiro atoms. The Balaban J connectivity index is 3.52. The Morgan fingerprint density at radius 2 is 2.18 bits per heavy atom. The summed E-state index contributed by atoms with van der Waals surface area (Å²) in [6, 6.07) is 0.387. The highest BCUT2D eigenvalue weighted by Gasteiger charge is 2.22. The van der Waals surface area contributed by atoms with E-state index >= 15 is 0 Å². The van der Waals surface area contributed by atoms with E-state index in [4.69, 9.17) is 28.3 Å². The molecule has 0 radical (unpaired) electrons.